The zero-order valence-electron chi connectivity index (χ0n) is 11.5. The molecule has 0 amide bonds. The Morgan fingerprint density at radius 3 is 2.76 bits per heavy atom. The lowest BCUT2D eigenvalue weighted by molar-refractivity contribution is 0.214. The normalized spacial score (nSPS) is 34.8. The Labute approximate surface area is 111 Å². The molecule has 1 heterocycles. The summed E-state index contributed by atoms with van der Waals surface area (Å²) in [6, 6.07) is 0. The molecule has 1 aliphatic heterocycles. The standard InChI is InChI=1S/C14H28N2S/c1-14(2)6-7-16(8-9-17-14)11-13-5-3-4-12(13)10-15/h12-13H,3-11,15H2,1-2H3. The van der Waals surface area contributed by atoms with Crippen LogP contribution in [-0.2, 0) is 0 Å². The average molecular weight is 256 g/mol. The summed E-state index contributed by atoms with van der Waals surface area (Å²) in [5.41, 5.74) is 5.88. The van der Waals surface area contributed by atoms with Gasteiger partial charge in [-0.3, -0.25) is 0 Å². The van der Waals surface area contributed by atoms with E-state index < -0.39 is 0 Å². The molecule has 3 heteroatoms. The zero-order chi connectivity index (χ0) is 12.3. The molecule has 2 rings (SSSR count). The van der Waals surface area contributed by atoms with E-state index in [1.807, 2.05) is 0 Å². The van der Waals surface area contributed by atoms with Crippen LogP contribution in [0.4, 0.5) is 0 Å². The maximum absolute atomic E-state index is 5.88. The molecule has 2 aliphatic rings. The highest BCUT2D eigenvalue weighted by Gasteiger charge is 2.29. The van der Waals surface area contributed by atoms with E-state index in [4.69, 9.17) is 5.73 Å². The smallest absolute Gasteiger partial charge is 0.0116 e. The van der Waals surface area contributed by atoms with Gasteiger partial charge >= 0.3 is 0 Å². The highest BCUT2D eigenvalue weighted by atomic mass is 32.2. The van der Waals surface area contributed by atoms with Crippen molar-refractivity contribution in [3.8, 4) is 0 Å². The van der Waals surface area contributed by atoms with E-state index in [1.54, 1.807) is 0 Å². The van der Waals surface area contributed by atoms with Crippen LogP contribution in [0.1, 0.15) is 39.5 Å². The van der Waals surface area contributed by atoms with Crippen molar-refractivity contribution < 1.29 is 0 Å². The van der Waals surface area contributed by atoms with Gasteiger partial charge in [0.05, 0.1) is 0 Å². The molecular formula is C14H28N2S. The molecular weight excluding hydrogens is 228 g/mol. The first-order chi connectivity index (χ1) is 8.11. The van der Waals surface area contributed by atoms with Gasteiger partial charge in [0.15, 0.2) is 0 Å². The summed E-state index contributed by atoms with van der Waals surface area (Å²) in [5.74, 6) is 2.98. The Hall–Kier alpha value is 0.270. The number of nitrogens with two attached hydrogens (primary N) is 1. The predicted molar refractivity (Wildman–Crippen MR) is 77.5 cm³/mol. The minimum absolute atomic E-state index is 0.484. The second-order valence-electron chi connectivity index (χ2n) is 6.35. The number of hydrogen-bond donors (Lipinski definition) is 1. The number of thioether (sulfide) groups is 1. The Morgan fingerprint density at radius 1 is 1.24 bits per heavy atom. The van der Waals surface area contributed by atoms with Gasteiger partial charge < -0.3 is 10.6 Å². The molecule has 0 spiro atoms. The maximum Gasteiger partial charge on any atom is 0.0116 e. The van der Waals surface area contributed by atoms with E-state index in [0.717, 1.165) is 18.4 Å². The summed E-state index contributed by atoms with van der Waals surface area (Å²) in [7, 11) is 0. The van der Waals surface area contributed by atoms with Crippen molar-refractivity contribution in [3.05, 3.63) is 0 Å². The van der Waals surface area contributed by atoms with Gasteiger partial charge in [-0.1, -0.05) is 20.3 Å². The minimum atomic E-state index is 0.484. The van der Waals surface area contributed by atoms with E-state index in [2.05, 4.69) is 30.5 Å². The first kappa shape index (κ1) is 13.7. The number of hydrogen-bond acceptors (Lipinski definition) is 3. The Bertz CT molecular complexity index is 242. The zero-order valence-corrected chi connectivity index (χ0v) is 12.3. The third-order valence-corrected chi connectivity index (χ3v) is 5.91. The molecule has 2 fully saturated rings. The van der Waals surface area contributed by atoms with E-state index in [0.29, 0.717) is 4.75 Å². The number of rotatable bonds is 3. The van der Waals surface area contributed by atoms with Crippen LogP contribution in [0, 0.1) is 11.8 Å². The molecule has 100 valence electrons. The Kier molecular flexibility index (Phi) is 4.79. The van der Waals surface area contributed by atoms with Crippen LogP contribution >= 0.6 is 11.8 Å². The fourth-order valence-corrected chi connectivity index (χ4v) is 4.38. The van der Waals surface area contributed by atoms with Crippen LogP contribution in [-0.4, -0.2) is 41.6 Å². The molecule has 17 heavy (non-hydrogen) atoms. The lowest BCUT2D eigenvalue weighted by Crippen LogP contribution is -2.35. The molecule has 2 unspecified atom stereocenters. The summed E-state index contributed by atoms with van der Waals surface area (Å²) >= 11 is 2.14. The van der Waals surface area contributed by atoms with Crippen molar-refractivity contribution in [1.29, 1.82) is 0 Å². The Balaban J connectivity index is 1.82. The van der Waals surface area contributed by atoms with Crippen LogP contribution in [0.25, 0.3) is 0 Å². The average Bonchev–Trinajstić information content (AvgIpc) is 2.65. The molecule has 2 N–H and O–H groups in total. The summed E-state index contributed by atoms with van der Waals surface area (Å²) in [6.07, 6.45) is 5.52. The van der Waals surface area contributed by atoms with Gasteiger partial charge in [-0.2, -0.15) is 11.8 Å². The molecule has 1 aliphatic carbocycles. The van der Waals surface area contributed by atoms with E-state index in [9.17, 15) is 0 Å². The largest absolute Gasteiger partial charge is 0.330 e. The van der Waals surface area contributed by atoms with E-state index in [-0.39, 0.29) is 0 Å². The van der Waals surface area contributed by atoms with Gasteiger partial charge in [0.1, 0.15) is 0 Å². The quantitative estimate of drug-likeness (QED) is 0.841. The van der Waals surface area contributed by atoms with Crippen molar-refractivity contribution in [1.82, 2.24) is 4.90 Å². The van der Waals surface area contributed by atoms with Crippen molar-refractivity contribution in [3.63, 3.8) is 0 Å². The predicted octanol–water partition coefficient (Wildman–Crippen LogP) is 2.58. The topological polar surface area (TPSA) is 29.3 Å². The fraction of sp³-hybridized carbons (Fsp3) is 1.00. The molecule has 0 bridgehead atoms. The first-order valence-electron chi connectivity index (χ1n) is 7.17. The van der Waals surface area contributed by atoms with Crippen LogP contribution in [0.15, 0.2) is 0 Å². The summed E-state index contributed by atoms with van der Waals surface area (Å²) in [6.45, 7) is 9.55. The molecule has 0 aromatic heterocycles. The Morgan fingerprint density at radius 2 is 2.00 bits per heavy atom. The number of nitrogens with zero attached hydrogens (tertiary/aromatic N) is 1. The molecule has 2 nitrogen and oxygen atoms in total. The van der Waals surface area contributed by atoms with Crippen molar-refractivity contribution in [2.24, 2.45) is 17.6 Å². The molecule has 1 saturated heterocycles. The van der Waals surface area contributed by atoms with Crippen LogP contribution in [0.3, 0.4) is 0 Å². The molecule has 1 saturated carbocycles. The van der Waals surface area contributed by atoms with Crippen molar-refractivity contribution >= 4 is 11.8 Å². The summed E-state index contributed by atoms with van der Waals surface area (Å²) in [5, 5.41) is 0. The van der Waals surface area contributed by atoms with Crippen LogP contribution in [0.5, 0.6) is 0 Å². The molecule has 0 aromatic carbocycles. The molecule has 0 radical (unpaired) electrons. The van der Waals surface area contributed by atoms with Gasteiger partial charge in [0.25, 0.3) is 0 Å². The minimum Gasteiger partial charge on any atom is -0.330 e. The summed E-state index contributed by atoms with van der Waals surface area (Å²) < 4.78 is 0.484. The SMILES string of the molecule is CC1(C)CCN(CC2CCCC2CN)CCS1. The van der Waals surface area contributed by atoms with E-state index in [1.165, 1.54) is 51.1 Å². The lowest BCUT2D eigenvalue weighted by Gasteiger charge is -2.27. The van der Waals surface area contributed by atoms with Crippen molar-refractivity contribution in [2.75, 3.05) is 31.9 Å². The molecule has 0 aromatic rings. The van der Waals surface area contributed by atoms with Gasteiger partial charge in [-0.25, -0.2) is 0 Å². The fourth-order valence-electron chi connectivity index (χ4n) is 3.24. The second-order valence-corrected chi connectivity index (χ2v) is 8.15. The third-order valence-electron chi connectivity index (χ3n) is 4.54. The van der Waals surface area contributed by atoms with Gasteiger partial charge in [0.2, 0.25) is 0 Å². The monoisotopic (exact) mass is 256 g/mol. The van der Waals surface area contributed by atoms with Gasteiger partial charge in [-0.05, 0) is 44.2 Å². The lowest BCUT2D eigenvalue weighted by atomic mass is 9.95. The maximum atomic E-state index is 5.88. The van der Waals surface area contributed by atoms with Crippen molar-refractivity contribution in [2.45, 2.75) is 44.3 Å². The van der Waals surface area contributed by atoms with Gasteiger partial charge in [-0.15, -0.1) is 0 Å². The first-order valence-corrected chi connectivity index (χ1v) is 8.16. The van der Waals surface area contributed by atoms with E-state index >= 15 is 0 Å². The van der Waals surface area contributed by atoms with Crippen LogP contribution in [0.2, 0.25) is 0 Å². The highest BCUT2D eigenvalue weighted by molar-refractivity contribution is 8.00. The highest BCUT2D eigenvalue weighted by Crippen LogP contribution is 2.34. The van der Waals surface area contributed by atoms with Gasteiger partial charge in [0, 0.05) is 23.6 Å². The third kappa shape index (κ3) is 3.87. The molecule has 2 atom stereocenters. The van der Waals surface area contributed by atoms with Crippen LogP contribution < -0.4 is 5.73 Å². The summed E-state index contributed by atoms with van der Waals surface area (Å²) in [4.78, 5) is 2.69. The second kappa shape index (κ2) is 5.94.